The van der Waals surface area contributed by atoms with E-state index in [0.29, 0.717) is 18.3 Å². The van der Waals surface area contributed by atoms with Crippen molar-refractivity contribution in [2.24, 2.45) is 0 Å². The Kier molecular flexibility index (Phi) is 3.44. The molecule has 112 valence electrons. The van der Waals surface area contributed by atoms with Crippen molar-refractivity contribution >= 4 is 0 Å². The van der Waals surface area contributed by atoms with Gasteiger partial charge in [0.2, 0.25) is 0 Å². The third-order valence-electron chi connectivity index (χ3n) is 3.48. The first-order valence-electron chi connectivity index (χ1n) is 6.76. The van der Waals surface area contributed by atoms with Gasteiger partial charge < -0.3 is 5.32 Å². The molecular weight excluding hydrogens is 281 g/mol. The number of benzene rings is 1. The molecule has 0 atom stereocenters. The maximum Gasteiger partial charge on any atom is 0.416 e. The van der Waals surface area contributed by atoms with Crippen molar-refractivity contribution in [1.82, 2.24) is 20.3 Å². The van der Waals surface area contributed by atoms with Crippen molar-refractivity contribution in [3.63, 3.8) is 0 Å². The monoisotopic (exact) mass is 296 g/mol. The average Bonchev–Trinajstić information content (AvgIpc) is 3.13. The molecule has 0 radical (unpaired) electrons. The number of nitrogens with zero attached hydrogens (tertiary/aromatic N) is 3. The number of alkyl halides is 3. The lowest BCUT2D eigenvalue weighted by Crippen LogP contribution is -2.15. The van der Waals surface area contributed by atoms with Crippen LogP contribution < -0.4 is 5.32 Å². The Bertz CT molecular complexity index is 644. The van der Waals surface area contributed by atoms with Crippen LogP contribution in [-0.2, 0) is 12.7 Å². The van der Waals surface area contributed by atoms with Gasteiger partial charge in [-0.05, 0) is 37.5 Å². The van der Waals surface area contributed by atoms with Gasteiger partial charge in [0.25, 0.3) is 0 Å². The van der Waals surface area contributed by atoms with Crippen LogP contribution in [0, 0.1) is 6.92 Å². The van der Waals surface area contributed by atoms with E-state index in [-0.39, 0.29) is 5.56 Å². The quantitative estimate of drug-likeness (QED) is 0.943. The van der Waals surface area contributed by atoms with E-state index in [2.05, 4.69) is 15.6 Å². The smallest absolute Gasteiger partial charge is 0.308 e. The van der Waals surface area contributed by atoms with Crippen molar-refractivity contribution in [3.05, 3.63) is 41.2 Å². The third kappa shape index (κ3) is 3.24. The van der Waals surface area contributed by atoms with Gasteiger partial charge in [0.05, 0.1) is 23.1 Å². The zero-order chi connectivity index (χ0) is 15.0. The summed E-state index contributed by atoms with van der Waals surface area (Å²) in [6.07, 6.45) is -0.376. The summed E-state index contributed by atoms with van der Waals surface area (Å²) in [7, 11) is 0. The number of rotatable bonds is 4. The van der Waals surface area contributed by atoms with Gasteiger partial charge >= 0.3 is 6.18 Å². The molecule has 1 heterocycles. The fourth-order valence-electron chi connectivity index (χ4n) is 2.10. The van der Waals surface area contributed by atoms with E-state index in [1.54, 1.807) is 12.3 Å². The molecule has 0 unspecified atom stereocenters. The Morgan fingerprint density at radius 3 is 2.76 bits per heavy atom. The second-order valence-corrected chi connectivity index (χ2v) is 5.31. The Hall–Kier alpha value is -1.89. The summed E-state index contributed by atoms with van der Waals surface area (Å²) in [5.41, 5.74) is 0.629. The van der Waals surface area contributed by atoms with Crippen LogP contribution in [0.15, 0.2) is 24.4 Å². The van der Waals surface area contributed by atoms with Gasteiger partial charge in [-0.15, -0.1) is 5.10 Å². The topological polar surface area (TPSA) is 42.7 Å². The molecule has 0 aliphatic heterocycles. The van der Waals surface area contributed by atoms with Crippen molar-refractivity contribution in [1.29, 1.82) is 0 Å². The number of nitrogens with one attached hydrogen (secondary N) is 1. The molecule has 7 heteroatoms. The van der Waals surface area contributed by atoms with Crippen LogP contribution in [0.5, 0.6) is 0 Å². The molecule has 1 aromatic carbocycles. The number of aromatic nitrogens is 3. The summed E-state index contributed by atoms with van der Waals surface area (Å²) >= 11 is 0. The van der Waals surface area contributed by atoms with Gasteiger partial charge in [0, 0.05) is 12.6 Å². The molecule has 4 nitrogen and oxygen atoms in total. The summed E-state index contributed by atoms with van der Waals surface area (Å²) < 4.78 is 40.1. The Balaban J connectivity index is 1.82. The molecule has 1 N–H and O–H groups in total. The molecule has 0 amide bonds. The molecule has 1 aliphatic rings. The largest absolute Gasteiger partial charge is 0.416 e. The molecule has 1 aliphatic carbocycles. The number of hydrogen-bond acceptors (Lipinski definition) is 3. The van der Waals surface area contributed by atoms with Gasteiger partial charge in [0.15, 0.2) is 0 Å². The van der Waals surface area contributed by atoms with Crippen LogP contribution in [0.4, 0.5) is 13.2 Å². The second-order valence-electron chi connectivity index (χ2n) is 5.31. The van der Waals surface area contributed by atoms with Crippen LogP contribution in [0.2, 0.25) is 0 Å². The predicted molar refractivity (Wildman–Crippen MR) is 71.0 cm³/mol. The third-order valence-corrected chi connectivity index (χ3v) is 3.48. The fourth-order valence-corrected chi connectivity index (χ4v) is 2.10. The van der Waals surface area contributed by atoms with E-state index in [0.717, 1.165) is 11.8 Å². The molecule has 1 saturated carbocycles. The molecule has 0 saturated heterocycles. The van der Waals surface area contributed by atoms with E-state index >= 15 is 0 Å². The normalized spacial score (nSPS) is 15.4. The molecule has 21 heavy (non-hydrogen) atoms. The first kappa shape index (κ1) is 14.1. The lowest BCUT2D eigenvalue weighted by Gasteiger charge is -2.11. The van der Waals surface area contributed by atoms with Crippen LogP contribution in [0.3, 0.4) is 0 Å². The summed E-state index contributed by atoms with van der Waals surface area (Å²) in [6, 6.07) is 4.70. The number of aryl methyl sites for hydroxylation is 1. The molecular formula is C14H15F3N4. The zero-order valence-electron chi connectivity index (χ0n) is 11.5. The molecule has 2 aromatic rings. The summed E-state index contributed by atoms with van der Waals surface area (Å²) in [5.74, 6) is 0. The first-order chi connectivity index (χ1) is 9.93. The van der Waals surface area contributed by atoms with Gasteiger partial charge in [-0.1, -0.05) is 11.3 Å². The molecule has 1 aromatic heterocycles. The summed E-state index contributed by atoms with van der Waals surface area (Å²) in [6.45, 7) is 2.03. The lowest BCUT2D eigenvalue weighted by molar-refractivity contribution is -0.138. The van der Waals surface area contributed by atoms with Crippen LogP contribution >= 0.6 is 0 Å². The van der Waals surface area contributed by atoms with Crippen LogP contribution in [0.25, 0.3) is 5.69 Å². The van der Waals surface area contributed by atoms with Crippen LogP contribution in [0.1, 0.15) is 29.7 Å². The van der Waals surface area contributed by atoms with E-state index in [1.807, 2.05) is 0 Å². The van der Waals surface area contributed by atoms with Gasteiger partial charge in [-0.3, -0.25) is 0 Å². The van der Waals surface area contributed by atoms with Crippen molar-refractivity contribution in [2.75, 3.05) is 0 Å². The minimum atomic E-state index is -4.36. The van der Waals surface area contributed by atoms with Crippen molar-refractivity contribution in [3.8, 4) is 5.69 Å². The fraction of sp³-hybridized carbons (Fsp3) is 0.429. The highest BCUT2D eigenvalue weighted by Crippen LogP contribution is 2.32. The number of halogens is 3. The number of hydrogen-bond donors (Lipinski definition) is 1. The summed E-state index contributed by atoms with van der Waals surface area (Å²) in [5, 5.41) is 11.2. The van der Waals surface area contributed by atoms with Crippen LogP contribution in [-0.4, -0.2) is 21.0 Å². The highest BCUT2D eigenvalue weighted by Gasteiger charge is 2.32. The average molecular weight is 296 g/mol. The summed E-state index contributed by atoms with van der Waals surface area (Å²) in [4.78, 5) is 0. The minimum Gasteiger partial charge on any atom is -0.308 e. The second kappa shape index (κ2) is 5.14. The standard InChI is InChI=1S/C14H15F3N4/c1-9-2-5-12(6-13(9)14(15,16)17)21-8-11(19-20-21)7-18-10-3-4-10/h2,5-6,8,10,18H,3-4,7H2,1H3. The molecule has 1 fully saturated rings. The maximum absolute atomic E-state index is 12.9. The molecule has 0 spiro atoms. The Labute approximate surface area is 120 Å². The molecule has 3 rings (SSSR count). The molecule has 0 bridgehead atoms. The van der Waals surface area contributed by atoms with Gasteiger partial charge in [0.1, 0.15) is 0 Å². The van der Waals surface area contributed by atoms with E-state index in [1.165, 1.54) is 30.5 Å². The van der Waals surface area contributed by atoms with Crippen molar-refractivity contribution in [2.45, 2.75) is 38.5 Å². The maximum atomic E-state index is 12.9. The van der Waals surface area contributed by atoms with Gasteiger partial charge in [-0.2, -0.15) is 13.2 Å². The Morgan fingerprint density at radius 2 is 2.10 bits per heavy atom. The SMILES string of the molecule is Cc1ccc(-n2cc(CNC3CC3)nn2)cc1C(F)(F)F. The lowest BCUT2D eigenvalue weighted by atomic mass is 10.1. The van der Waals surface area contributed by atoms with Gasteiger partial charge in [-0.25, -0.2) is 4.68 Å². The van der Waals surface area contributed by atoms with Crippen molar-refractivity contribution < 1.29 is 13.2 Å². The predicted octanol–water partition coefficient (Wildman–Crippen LogP) is 2.85. The highest BCUT2D eigenvalue weighted by atomic mass is 19.4. The first-order valence-corrected chi connectivity index (χ1v) is 6.76. The Morgan fingerprint density at radius 1 is 1.33 bits per heavy atom. The highest BCUT2D eigenvalue weighted by molar-refractivity contribution is 5.41. The zero-order valence-corrected chi connectivity index (χ0v) is 11.5. The van der Waals surface area contributed by atoms with E-state index in [9.17, 15) is 13.2 Å². The van der Waals surface area contributed by atoms with E-state index in [4.69, 9.17) is 0 Å². The minimum absolute atomic E-state index is 0.196. The van der Waals surface area contributed by atoms with E-state index < -0.39 is 11.7 Å².